The summed E-state index contributed by atoms with van der Waals surface area (Å²) in [6, 6.07) is 20.1. The molecule has 4 rings (SSSR count). The first-order valence-electron chi connectivity index (χ1n) is 10.1. The Morgan fingerprint density at radius 1 is 1.00 bits per heavy atom. The number of nitrogens with zero attached hydrogens (tertiary/aromatic N) is 1. The van der Waals surface area contributed by atoms with E-state index in [1.54, 1.807) is 6.20 Å². The summed E-state index contributed by atoms with van der Waals surface area (Å²) in [5.74, 6) is 0.806. The molecule has 0 saturated carbocycles. The molecule has 2 aromatic heterocycles. The molecule has 0 aliphatic carbocycles. The number of carbonyl (C=O) groups excluding carboxylic acids is 1. The summed E-state index contributed by atoms with van der Waals surface area (Å²) in [5.41, 5.74) is 7.41. The number of pyridine rings is 1. The van der Waals surface area contributed by atoms with Gasteiger partial charge in [0, 0.05) is 37.1 Å². The van der Waals surface area contributed by atoms with E-state index in [1.165, 1.54) is 31.1 Å². The Labute approximate surface area is 202 Å². The van der Waals surface area contributed by atoms with Crippen LogP contribution in [0.4, 0.5) is 0 Å². The molecule has 4 aromatic rings. The van der Waals surface area contributed by atoms with Gasteiger partial charge in [-0.2, -0.15) is 0 Å². The van der Waals surface area contributed by atoms with Crippen molar-refractivity contribution in [3.05, 3.63) is 89.3 Å². The molecule has 0 fully saturated rings. The Morgan fingerprint density at radius 3 is 2.25 bits per heavy atom. The first kappa shape index (κ1) is 25.3. The second-order valence-electron chi connectivity index (χ2n) is 7.73. The van der Waals surface area contributed by atoms with Crippen molar-refractivity contribution in [3.63, 3.8) is 0 Å². The molecule has 2 aromatic carbocycles. The van der Waals surface area contributed by atoms with Gasteiger partial charge in [0.05, 0.1) is 12.0 Å². The second kappa shape index (κ2) is 11.0. The zero-order valence-electron chi connectivity index (χ0n) is 18.8. The van der Waals surface area contributed by atoms with E-state index < -0.39 is 0 Å². The van der Waals surface area contributed by atoms with Gasteiger partial charge >= 0.3 is 0 Å². The topological polar surface area (TPSA) is 63.3 Å². The van der Waals surface area contributed by atoms with Crippen molar-refractivity contribution in [2.45, 2.75) is 34.6 Å². The fourth-order valence-corrected chi connectivity index (χ4v) is 3.28. The number of furan rings is 1. The molecule has 167 valence electrons. The third kappa shape index (κ3) is 6.74. The monoisotopic (exact) mass is 605 g/mol. The number of aliphatic hydroxyl groups is 1. The summed E-state index contributed by atoms with van der Waals surface area (Å²) >= 11 is 0. The predicted octanol–water partition coefficient (Wildman–Crippen LogP) is 6.92. The molecule has 0 bridgehead atoms. The van der Waals surface area contributed by atoms with Gasteiger partial charge in [0.25, 0.3) is 0 Å². The number of fused-ring (bicyclic) bond motifs is 1. The molecule has 0 atom stereocenters. The van der Waals surface area contributed by atoms with Crippen LogP contribution in [0, 0.1) is 26.8 Å². The number of allylic oxidation sites excluding steroid dienone is 2. The molecule has 4 nitrogen and oxygen atoms in total. The van der Waals surface area contributed by atoms with Crippen molar-refractivity contribution in [1.82, 2.24) is 4.98 Å². The van der Waals surface area contributed by atoms with Gasteiger partial charge in [-0.05, 0) is 32.5 Å². The SMILES string of the molecule is CC(=O)/C=C(/C)O.Cc1[c-]c(-c2cc3cc(-c4ccc(C)cc4)oc3cn2)cc(C)c1.[Ir]. The summed E-state index contributed by atoms with van der Waals surface area (Å²) in [6.45, 7) is 9.08. The minimum Gasteiger partial charge on any atom is -0.512 e. The molecule has 0 aliphatic rings. The van der Waals surface area contributed by atoms with Gasteiger partial charge in [0.15, 0.2) is 11.4 Å². The Hall–Kier alpha value is -3.01. The molecular weight excluding hydrogens is 579 g/mol. The van der Waals surface area contributed by atoms with E-state index in [0.29, 0.717) is 0 Å². The third-order valence-corrected chi connectivity index (χ3v) is 4.58. The molecule has 0 amide bonds. The van der Waals surface area contributed by atoms with Crippen molar-refractivity contribution < 1.29 is 34.4 Å². The minimum atomic E-state index is -0.125. The van der Waals surface area contributed by atoms with Crippen LogP contribution in [0.25, 0.3) is 33.6 Å². The molecular formula is C27H26IrNO3-. The van der Waals surface area contributed by atoms with Crippen LogP contribution in [-0.4, -0.2) is 15.9 Å². The molecule has 0 spiro atoms. The number of hydrogen-bond donors (Lipinski definition) is 1. The molecule has 1 radical (unpaired) electrons. The zero-order valence-corrected chi connectivity index (χ0v) is 21.2. The Bertz CT molecular complexity index is 1230. The summed E-state index contributed by atoms with van der Waals surface area (Å²) in [6.07, 6.45) is 2.97. The maximum Gasteiger partial charge on any atom is 0.155 e. The van der Waals surface area contributed by atoms with Crippen LogP contribution in [0.1, 0.15) is 30.5 Å². The summed E-state index contributed by atoms with van der Waals surface area (Å²) in [4.78, 5) is 14.6. The summed E-state index contributed by atoms with van der Waals surface area (Å²) in [5, 5.41) is 9.42. The fraction of sp³-hybridized carbons (Fsp3) is 0.185. The maximum absolute atomic E-state index is 10.0. The summed E-state index contributed by atoms with van der Waals surface area (Å²) < 4.78 is 5.96. The van der Waals surface area contributed by atoms with E-state index in [0.717, 1.165) is 39.1 Å². The molecule has 1 N–H and O–H groups in total. The van der Waals surface area contributed by atoms with Gasteiger partial charge in [-0.3, -0.25) is 4.79 Å². The maximum atomic E-state index is 10.0. The molecule has 0 saturated heterocycles. The predicted molar refractivity (Wildman–Crippen MR) is 125 cm³/mol. The quantitative estimate of drug-likeness (QED) is 0.157. The Morgan fingerprint density at radius 2 is 1.69 bits per heavy atom. The fourth-order valence-electron chi connectivity index (χ4n) is 3.28. The smallest absolute Gasteiger partial charge is 0.155 e. The number of ketones is 1. The first-order chi connectivity index (χ1) is 14.7. The number of aromatic nitrogens is 1. The van der Waals surface area contributed by atoms with Gasteiger partial charge < -0.3 is 14.5 Å². The van der Waals surface area contributed by atoms with Crippen molar-refractivity contribution in [2.24, 2.45) is 0 Å². The van der Waals surface area contributed by atoms with Gasteiger partial charge in [-0.1, -0.05) is 49.7 Å². The van der Waals surface area contributed by atoms with Crippen LogP contribution < -0.4 is 0 Å². The zero-order chi connectivity index (χ0) is 22.5. The number of hydrogen-bond acceptors (Lipinski definition) is 4. The van der Waals surface area contributed by atoms with E-state index in [9.17, 15) is 4.79 Å². The molecule has 5 heteroatoms. The second-order valence-corrected chi connectivity index (χ2v) is 7.73. The van der Waals surface area contributed by atoms with Crippen molar-refractivity contribution in [3.8, 4) is 22.6 Å². The number of aliphatic hydroxyl groups excluding tert-OH is 1. The van der Waals surface area contributed by atoms with Crippen molar-refractivity contribution in [1.29, 1.82) is 0 Å². The van der Waals surface area contributed by atoms with Crippen LogP contribution in [0.3, 0.4) is 0 Å². The molecule has 0 aliphatic heterocycles. The first-order valence-corrected chi connectivity index (χ1v) is 10.1. The number of benzene rings is 2. The van der Waals surface area contributed by atoms with Gasteiger partial charge in [0.1, 0.15) is 5.76 Å². The average molecular weight is 605 g/mol. The standard InChI is InChI=1S/C22H18NO.C5H8O2.Ir/c1-14-4-6-17(7-5-14)21-12-19-11-20(23-13-22(19)24-21)18-9-15(2)8-16(3)10-18;1-4(6)3-5(2)7;/h4-9,11-13H,1-3H3;3,6H,1-2H3;/q-1;;/b;4-3-;. The van der Waals surface area contributed by atoms with Gasteiger partial charge in [0.2, 0.25) is 0 Å². The van der Waals surface area contributed by atoms with E-state index in [4.69, 9.17) is 9.52 Å². The van der Waals surface area contributed by atoms with Crippen LogP contribution in [0.2, 0.25) is 0 Å². The van der Waals surface area contributed by atoms with Gasteiger partial charge in [-0.15, -0.1) is 34.9 Å². The normalized spacial score (nSPS) is 10.8. The van der Waals surface area contributed by atoms with Crippen LogP contribution in [0.5, 0.6) is 0 Å². The number of carbonyl (C=O) groups is 1. The van der Waals surface area contributed by atoms with Crippen LogP contribution in [-0.2, 0) is 24.9 Å². The van der Waals surface area contributed by atoms with Gasteiger partial charge in [-0.25, -0.2) is 0 Å². The van der Waals surface area contributed by atoms with Crippen LogP contribution in [0.15, 0.2) is 71.0 Å². The average Bonchev–Trinajstić information content (AvgIpc) is 3.10. The van der Waals surface area contributed by atoms with Crippen molar-refractivity contribution in [2.75, 3.05) is 0 Å². The van der Waals surface area contributed by atoms with E-state index in [-0.39, 0.29) is 31.6 Å². The molecule has 0 unspecified atom stereocenters. The molecule has 32 heavy (non-hydrogen) atoms. The Kier molecular flexibility index (Phi) is 8.71. The van der Waals surface area contributed by atoms with Crippen LogP contribution >= 0.6 is 0 Å². The van der Waals surface area contributed by atoms with Crippen molar-refractivity contribution >= 4 is 16.8 Å². The van der Waals surface area contributed by atoms with E-state index in [1.807, 2.05) is 0 Å². The summed E-state index contributed by atoms with van der Waals surface area (Å²) in [7, 11) is 0. The third-order valence-electron chi connectivity index (χ3n) is 4.58. The Balaban J connectivity index is 0.000000398. The number of rotatable bonds is 3. The van der Waals surface area contributed by atoms with E-state index in [2.05, 4.69) is 80.4 Å². The van der Waals surface area contributed by atoms with E-state index >= 15 is 0 Å². The molecule has 2 heterocycles. The number of aryl methyl sites for hydroxylation is 3. The largest absolute Gasteiger partial charge is 0.512 e. The minimum absolute atomic E-state index is 0.